The van der Waals surface area contributed by atoms with Gasteiger partial charge in [0.05, 0.1) is 17.4 Å². The molecule has 4 rings (SSSR count). The van der Waals surface area contributed by atoms with Gasteiger partial charge in [0.25, 0.3) is 0 Å². The summed E-state index contributed by atoms with van der Waals surface area (Å²) in [6.07, 6.45) is 2.94. The van der Waals surface area contributed by atoms with E-state index in [0.717, 1.165) is 11.1 Å². The van der Waals surface area contributed by atoms with Crippen LogP contribution in [0.25, 0.3) is 16.9 Å². The van der Waals surface area contributed by atoms with E-state index < -0.39 is 5.97 Å². The summed E-state index contributed by atoms with van der Waals surface area (Å²) in [6.45, 7) is 2.04. The van der Waals surface area contributed by atoms with Crippen LogP contribution in [0.3, 0.4) is 0 Å². The largest absolute Gasteiger partial charge is 0.457 e. The van der Waals surface area contributed by atoms with Crippen LogP contribution in [0, 0.1) is 6.92 Å². The van der Waals surface area contributed by atoms with Crippen LogP contribution in [0.1, 0.15) is 21.5 Å². The number of esters is 1. The minimum Gasteiger partial charge on any atom is -0.457 e. The highest BCUT2D eigenvalue weighted by Gasteiger charge is 2.20. The number of aryl methyl sites for hydroxylation is 2. The number of rotatable bonds is 4. The Balaban J connectivity index is 1.79. The maximum absolute atomic E-state index is 12.8. The lowest BCUT2D eigenvalue weighted by atomic mass is 10.1. The first-order chi connectivity index (χ1) is 13.6. The maximum atomic E-state index is 12.8. The molecular weight excluding hydrogens is 356 g/mol. The second-order valence-corrected chi connectivity index (χ2v) is 6.49. The Kier molecular flexibility index (Phi) is 4.49. The highest BCUT2D eigenvalue weighted by atomic mass is 16.5. The summed E-state index contributed by atoms with van der Waals surface area (Å²) in [4.78, 5) is 33.9. The second kappa shape index (κ2) is 7.11. The number of carbonyl (C=O) groups excluding carboxylic acids is 1. The van der Waals surface area contributed by atoms with Gasteiger partial charge in [0.2, 0.25) is 0 Å². The number of carbonyl (C=O) groups is 1. The Bertz CT molecular complexity index is 1230. The average molecular weight is 374 g/mol. The van der Waals surface area contributed by atoms with E-state index in [1.807, 2.05) is 43.3 Å². The fraction of sp³-hybridized carbons (Fsp3) is 0.143. The van der Waals surface area contributed by atoms with Crippen LogP contribution in [-0.4, -0.2) is 25.1 Å². The molecule has 2 aromatic carbocycles. The Labute approximate surface area is 160 Å². The molecule has 0 saturated carbocycles. The third-order valence-electron chi connectivity index (χ3n) is 4.54. The van der Waals surface area contributed by atoms with Crippen LogP contribution in [0.5, 0.6) is 0 Å². The van der Waals surface area contributed by atoms with Crippen LogP contribution < -0.4 is 5.69 Å². The Morgan fingerprint density at radius 2 is 1.93 bits per heavy atom. The van der Waals surface area contributed by atoms with Crippen molar-refractivity contribution < 1.29 is 9.53 Å². The summed E-state index contributed by atoms with van der Waals surface area (Å²) < 4.78 is 8.36. The Morgan fingerprint density at radius 1 is 1.14 bits per heavy atom. The molecule has 0 radical (unpaired) electrons. The summed E-state index contributed by atoms with van der Waals surface area (Å²) in [6, 6.07) is 14.7. The summed E-state index contributed by atoms with van der Waals surface area (Å²) >= 11 is 0. The molecule has 0 aliphatic rings. The number of imidazole rings is 1. The molecule has 0 atom stereocenters. The van der Waals surface area contributed by atoms with E-state index in [-0.39, 0.29) is 12.3 Å². The molecule has 0 aliphatic heterocycles. The highest BCUT2D eigenvalue weighted by Crippen LogP contribution is 2.21. The molecule has 0 unspecified atom stereocenters. The number of hydrogen-bond donors (Lipinski definition) is 0. The van der Waals surface area contributed by atoms with Gasteiger partial charge in [0, 0.05) is 7.05 Å². The summed E-state index contributed by atoms with van der Waals surface area (Å²) in [5.74, 6) is -0.497. The first-order valence-corrected chi connectivity index (χ1v) is 8.76. The molecule has 4 aromatic rings. The first-order valence-electron chi connectivity index (χ1n) is 8.76. The van der Waals surface area contributed by atoms with Gasteiger partial charge in [-0.1, -0.05) is 42.0 Å². The number of hydrogen-bond acceptors (Lipinski definition) is 5. The zero-order valence-corrected chi connectivity index (χ0v) is 15.5. The van der Waals surface area contributed by atoms with Crippen molar-refractivity contribution in [3.05, 3.63) is 88.2 Å². The van der Waals surface area contributed by atoms with Crippen molar-refractivity contribution in [1.82, 2.24) is 19.1 Å². The van der Waals surface area contributed by atoms with Crippen LogP contribution >= 0.6 is 0 Å². The van der Waals surface area contributed by atoms with E-state index in [9.17, 15) is 9.59 Å². The van der Waals surface area contributed by atoms with Crippen molar-refractivity contribution >= 4 is 17.1 Å². The van der Waals surface area contributed by atoms with Gasteiger partial charge < -0.3 is 4.74 Å². The lowest BCUT2D eigenvalue weighted by Gasteiger charge is -2.11. The zero-order chi connectivity index (χ0) is 19.7. The molecule has 0 spiro atoms. The van der Waals surface area contributed by atoms with E-state index in [1.54, 1.807) is 25.4 Å². The maximum Gasteiger partial charge on any atom is 0.340 e. The van der Waals surface area contributed by atoms with Gasteiger partial charge in [-0.2, -0.15) is 0 Å². The molecule has 7 nitrogen and oxygen atoms in total. The fourth-order valence-corrected chi connectivity index (χ4v) is 3.12. The predicted molar refractivity (Wildman–Crippen MR) is 104 cm³/mol. The van der Waals surface area contributed by atoms with E-state index >= 15 is 0 Å². The van der Waals surface area contributed by atoms with Gasteiger partial charge in [-0.15, -0.1) is 0 Å². The number of ether oxygens (including phenoxy) is 1. The molecule has 7 heteroatoms. The monoisotopic (exact) mass is 374 g/mol. The Hall–Kier alpha value is -3.74. The molecule has 0 bridgehead atoms. The van der Waals surface area contributed by atoms with Crippen molar-refractivity contribution in [2.45, 2.75) is 13.5 Å². The van der Waals surface area contributed by atoms with Crippen molar-refractivity contribution in [3.8, 4) is 5.69 Å². The van der Waals surface area contributed by atoms with Gasteiger partial charge >= 0.3 is 11.7 Å². The van der Waals surface area contributed by atoms with Crippen LogP contribution in [-0.2, 0) is 18.4 Å². The van der Waals surface area contributed by atoms with Gasteiger partial charge in [0.15, 0.2) is 5.65 Å². The predicted octanol–water partition coefficient (Wildman–Crippen LogP) is 2.78. The van der Waals surface area contributed by atoms with Crippen molar-refractivity contribution in [1.29, 1.82) is 0 Å². The minimum atomic E-state index is -0.497. The molecule has 0 amide bonds. The van der Waals surface area contributed by atoms with Crippen LogP contribution in [0.15, 0.2) is 65.8 Å². The standard InChI is InChI=1S/C21H18N4O3/c1-14-8-9-17(25-18-11-22-13-23-19(18)24(2)21(25)27)16(10-14)20(26)28-12-15-6-4-3-5-7-15/h3-11,13H,12H2,1-2H3. The number of fused-ring (bicyclic) bond motifs is 1. The number of aromatic nitrogens is 4. The zero-order valence-electron chi connectivity index (χ0n) is 15.5. The van der Waals surface area contributed by atoms with Gasteiger partial charge in [-0.25, -0.2) is 19.6 Å². The third-order valence-corrected chi connectivity index (χ3v) is 4.54. The lowest BCUT2D eigenvalue weighted by molar-refractivity contribution is 0.0472. The van der Waals surface area contributed by atoms with E-state index in [2.05, 4.69) is 9.97 Å². The summed E-state index contributed by atoms with van der Waals surface area (Å²) in [7, 11) is 1.63. The van der Waals surface area contributed by atoms with E-state index in [1.165, 1.54) is 15.5 Å². The summed E-state index contributed by atoms with van der Waals surface area (Å²) in [5, 5.41) is 0. The van der Waals surface area contributed by atoms with Crippen molar-refractivity contribution in [2.24, 2.45) is 7.05 Å². The molecule has 0 N–H and O–H groups in total. The average Bonchev–Trinajstić information content (AvgIpc) is 2.98. The second-order valence-electron chi connectivity index (χ2n) is 6.49. The van der Waals surface area contributed by atoms with E-state index in [4.69, 9.17) is 4.74 Å². The van der Waals surface area contributed by atoms with Gasteiger partial charge in [0.1, 0.15) is 18.5 Å². The van der Waals surface area contributed by atoms with Crippen LogP contribution in [0.4, 0.5) is 0 Å². The van der Waals surface area contributed by atoms with Crippen molar-refractivity contribution in [3.63, 3.8) is 0 Å². The molecule has 0 fully saturated rings. The molecule has 2 aromatic heterocycles. The first kappa shape index (κ1) is 17.7. The highest BCUT2D eigenvalue weighted by molar-refractivity contribution is 5.94. The molecule has 28 heavy (non-hydrogen) atoms. The topological polar surface area (TPSA) is 79.0 Å². The number of nitrogens with zero attached hydrogens (tertiary/aromatic N) is 4. The summed E-state index contributed by atoms with van der Waals surface area (Å²) in [5.41, 5.74) is 3.24. The molecular formula is C21H18N4O3. The minimum absolute atomic E-state index is 0.153. The third kappa shape index (κ3) is 3.07. The van der Waals surface area contributed by atoms with Gasteiger partial charge in [-0.3, -0.25) is 9.13 Å². The fourth-order valence-electron chi connectivity index (χ4n) is 3.12. The van der Waals surface area contributed by atoms with Crippen LogP contribution in [0.2, 0.25) is 0 Å². The normalized spacial score (nSPS) is 10.9. The molecule has 2 heterocycles. The van der Waals surface area contributed by atoms with E-state index in [0.29, 0.717) is 22.4 Å². The smallest absolute Gasteiger partial charge is 0.340 e. The molecule has 0 aliphatic carbocycles. The Morgan fingerprint density at radius 3 is 2.71 bits per heavy atom. The molecule has 0 saturated heterocycles. The quantitative estimate of drug-likeness (QED) is 0.513. The lowest BCUT2D eigenvalue weighted by Crippen LogP contribution is -2.23. The SMILES string of the molecule is Cc1ccc(-n2c(=O)n(C)c3ncncc32)c(C(=O)OCc2ccccc2)c1. The van der Waals surface area contributed by atoms with Crippen molar-refractivity contribution in [2.75, 3.05) is 0 Å². The number of benzene rings is 2. The van der Waals surface area contributed by atoms with Gasteiger partial charge in [-0.05, 0) is 24.6 Å². The molecule has 140 valence electrons.